The number of carbonyl (C=O) groups is 2. The van der Waals surface area contributed by atoms with Crippen molar-refractivity contribution in [1.82, 2.24) is 10.2 Å². The third-order valence-electron chi connectivity index (χ3n) is 5.19. The smallest absolute Gasteiger partial charge is 0.244 e. The molecule has 0 saturated heterocycles. The summed E-state index contributed by atoms with van der Waals surface area (Å²) >= 11 is 16.0. The predicted octanol–water partition coefficient (Wildman–Crippen LogP) is 4.86. The predicted molar refractivity (Wildman–Crippen MR) is 141 cm³/mol. The maximum atomic E-state index is 13.5. The molecule has 2 aromatic rings. The molecule has 0 aromatic heterocycles. The number of nitrogens with one attached hydrogen (secondary N) is 1. The number of amides is 2. The number of unbranched alkanes of at least 4 members (excludes halogenated alkanes) is 1. The summed E-state index contributed by atoms with van der Waals surface area (Å²) in [6, 6.07) is 10.8. The quantitative estimate of drug-likeness (QED) is 0.378. The second-order valence-corrected chi connectivity index (χ2v) is 11.3. The third-order valence-corrected chi connectivity index (χ3v) is 7.69. The average molecular weight is 593 g/mol. The molecule has 186 valence electrons. The molecule has 2 rings (SSSR count). The van der Waals surface area contributed by atoms with Gasteiger partial charge in [0.25, 0.3) is 0 Å². The van der Waals surface area contributed by atoms with Crippen molar-refractivity contribution < 1.29 is 18.0 Å². The van der Waals surface area contributed by atoms with E-state index in [1.807, 2.05) is 6.92 Å². The van der Waals surface area contributed by atoms with Crippen LogP contribution in [0.5, 0.6) is 0 Å². The van der Waals surface area contributed by atoms with Crippen LogP contribution >= 0.6 is 39.1 Å². The van der Waals surface area contributed by atoms with Crippen molar-refractivity contribution in [1.29, 1.82) is 0 Å². The van der Waals surface area contributed by atoms with Gasteiger partial charge in [0.2, 0.25) is 21.8 Å². The van der Waals surface area contributed by atoms with E-state index >= 15 is 0 Å². The van der Waals surface area contributed by atoms with Crippen molar-refractivity contribution in [2.45, 2.75) is 39.3 Å². The molecule has 11 heteroatoms. The van der Waals surface area contributed by atoms with Crippen LogP contribution in [-0.4, -0.2) is 50.5 Å². The third kappa shape index (κ3) is 7.60. The van der Waals surface area contributed by atoms with E-state index in [0.29, 0.717) is 32.3 Å². The minimum absolute atomic E-state index is 0.0622. The maximum absolute atomic E-state index is 13.5. The minimum atomic E-state index is -3.82. The number of rotatable bonds is 11. The molecular weight excluding hydrogens is 565 g/mol. The van der Waals surface area contributed by atoms with E-state index in [-0.39, 0.29) is 12.5 Å². The van der Waals surface area contributed by atoms with Crippen LogP contribution in [0.2, 0.25) is 10.0 Å². The van der Waals surface area contributed by atoms with E-state index < -0.39 is 28.5 Å². The average Bonchev–Trinajstić information content (AvgIpc) is 2.76. The number of benzene rings is 2. The summed E-state index contributed by atoms with van der Waals surface area (Å²) in [6.07, 6.45) is 2.73. The van der Waals surface area contributed by atoms with E-state index in [2.05, 4.69) is 21.2 Å². The molecule has 0 aliphatic rings. The van der Waals surface area contributed by atoms with Gasteiger partial charge < -0.3 is 10.2 Å². The zero-order chi connectivity index (χ0) is 25.5. The van der Waals surface area contributed by atoms with Gasteiger partial charge in [-0.2, -0.15) is 0 Å². The lowest BCUT2D eigenvalue weighted by Gasteiger charge is -2.32. The normalized spacial score (nSPS) is 12.2. The van der Waals surface area contributed by atoms with Gasteiger partial charge in [-0.05, 0) is 53.5 Å². The molecule has 0 radical (unpaired) electrons. The Balaban J connectivity index is 2.42. The lowest BCUT2D eigenvalue weighted by Crippen LogP contribution is -2.51. The SMILES string of the molecule is CCCCNC(=O)[C@H](C)N(Cc1c(Cl)cccc1Cl)C(=O)CN(c1ccccc1Br)S(C)(=O)=O. The van der Waals surface area contributed by atoms with Crippen molar-refractivity contribution >= 4 is 66.7 Å². The van der Waals surface area contributed by atoms with Crippen LogP contribution < -0.4 is 9.62 Å². The van der Waals surface area contributed by atoms with Crippen LogP contribution in [0.4, 0.5) is 5.69 Å². The van der Waals surface area contributed by atoms with Gasteiger partial charge in [0.1, 0.15) is 12.6 Å². The fourth-order valence-corrected chi connectivity index (χ4v) is 5.22. The highest BCUT2D eigenvalue weighted by Crippen LogP contribution is 2.29. The second kappa shape index (κ2) is 12.8. The van der Waals surface area contributed by atoms with Crippen molar-refractivity contribution in [3.8, 4) is 0 Å². The maximum Gasteiger partial charge on any atom is 0.244 e. The molecule has 0 spiro atoms. The highest BCUT2D eigenvalue weighted by atomic mass is 79.9. The molecule has 7 nitrogen and oxygen atoms in total. The zero-order valence-electron chi connectivity index (χ0n) is 19.2. The Labute approximate surface area is 219 Å². The van der Waals surface area contributed by atoms with Gasteiger partial charge in [0.05, 0.1) is 11.9 Å². The highest BCUT2D eigenvalue weighted by molar-refractivity contribution is 9.10. The van der Waals surface area contributed by atoms with Gasteiger partial charge in [-0.25, -0.2) is 8.42 Å². The summed E-state index contributed by atoms with van der Waals surface area (Å²) in [4.78, 5) is 27.6. The first-order chi connectivity index (χ1) is 16.0. The van der Waals surface area contributed by atoms with Crippen molar-refractivity contribution in [2.75, 3.05) is 23.7 Å². The second-order valence-electron chi connectivity index (χ2n) is 7.76. The number of sulfonamides is 1. The molecule has 0 heterocycles. The Morgan fingerprint density at radius 3 is 2.26 bits per heavy atom. The largest absolute Gasteiger partial charge is 0.354 e. The first-order valence-electron chi connectivity index (χ1n) is 10.7. The summed E-state index contributed by atoms with van der Waals surface area (Å²) in [6.45, 7) is 3.50. The van der Waals surface area contributed by atoms with E-state index in [0.717, 1.165) is 23.4 Å². The lowest BCUT2D eigenvalue weighted by molar-refractivity contribution is -0.139. The lowest BCUT2D eigenvalue weighted by atomic mass is 10.1. The summed E-state index contributed by atoms with van der Waals surface area (Å²) in [5, 5.41) is 3.50. The number of anilines is 1. The van der Waals surface area contributed by atoms with Crippen LogP contribution in [0.25, 0.3) is 0 Å². The molecule has 0 bridgehead atoms. The van der Waals surface area contributed by atoms with E-state index in [9.17, 15) is 18.0 Å². The standard InChI is InChI=1S/C23H28BrCl2N3O4S/c1-4-5-13-27-23(31)16(2)28(14-17-19(25)10-8-11-20(17)26)22(30)15-29(34(3,32)33)21-12-7-6-9-18(21)24/h6-12,16H,4-5,13-15H2,1-3H3,(H,27,31)/t16-/m0/s1. The molecule has 0 aliphatic carbocycles. The molecule has 2 aromatic carbocycles. The monoisotopic (exact) mass is 591 g/mol. The molecule has 0 unspecified atom stereocenters. The van der Waals surface area contributed by atoms with Crippen LogP contribution in [0.1, 0.15) is 32.3 Å². The molecule has 1 atom stereocenters. The number of carbonyl (C=O) groups excluding carboxylic acids is 2. The number of hydrogen-bond acceptors (Lipinski definition) is 4. The van der Waals surface area contributed by atoms with Gasteiger partial charge in [0, 0.05) is 33.2 Å². The van der Waals surface area contributed by atoms with Gasteiger partial charge in [-0.15, -0.1) is 0 Å². The van der Waals surface area contributed by atoms with Gasteiger partial charge in [-0.3, -0.25) is 13.9 Å². The topological polar surface area (TPSA) is 86.8 Å². The molecule has 0 fully saturated rings. The highest BCUT2D eigenvalue weighted by Gasteiger charge is 2.31. The Bertz CT molecular complexity index is 1110. The van der Waals surface area contributed by atoms with E-state index in [1.165, 1.54) is 4.90 Å². The van der Waals surface area contributed by atoms with Crippen LogP contribution in [0.15, 0.2) is 46.9 Å². The van der Waals surface area contributed by atoms with Crippen LogP contribution in [0.3, 0.4) is 0 Å². The fourth-order valence-electron chi connectivity index (χ4n) is 3.22. The Morgan fingerprint density at radius 2 is 1.71 bits per heavy atom. The summed E-state index contributed by atoms with van der Waals surface area (Å²) < 4.78 is 26.7. The van der Waals surface area contributed by atoms with Crippen molar-refractivity contribution in [3.63, 3.8) is 0 Å². The molecular formula is C23H28BrCl2N3O4S. The van der Waals surface area contributed by atoms with Crippen LogP contribution in [0, 0.1) is 0 Å². The Kier molecular flexibility index (Phi) is 10.7. The minimum Gasteiger partial charge on any atom is -0.354 e. The molecule has 0 saturated carbocycles. The summed E-state index contributed by atoms with van der Waals surface area (Å²) in [7, 11) is -3.82. The zero-order valence-corrected chi connectivity index (χ0v) is 23.1. The summed E-state index contributed by atoms with van der Waals surface area (Å²) in [5.41, 5.74) is 0.785. The molecule has 0 aliphatic heterocycles. The van der Waals surface area contributed by atoms with Gasteiger partial charge >= 0.3 is 0 Å². The number of hydrogen-bond donors (Lipinski definition) is 1. The Hall–Kier alpha value is -1.81. The number of para-hydroxylation sites is 1. The number of halogens is 3. The Morgan fingerprint density at radius 1 is 1.09 bits per heavy atom. The summed E-state index contributed by atoms with van der Waals surface area (Å²) in [5.74, 6) is -0.924. The first kappa shape index (κ1) is 28.4. The number of nitrogens with zero attached hydrogens (tertiary/aromatic N) is 2. The first-order valence-corrected chi connectivity index (χ1v) is 14.1. The molecule has 2 amide bonds. The van der Waals surface area contributed by atoms with Crippen LogP contribution in [-0.2, 0) is 26.2 Å². The van der Waals surface area contributed by atoms with Gasteiger partial charge in [0.15, 0.2) is 0 Å². The van der Waals surface area contributed by atoms with E-state index in [1.54, 1.807) is 49.4 Å². The van der Waals surface area contributed by atoms with Gasteiger partial charge in [-0.1, -0.05) is 54.7 Å². The molecule has 1 N–H and O–H groups in total. The van der Waals surface area contributed by atoms with Crippen molar-refractivity contribution in [2.24, 2.45) is 0 Å². The van der Waals surface area contributed by atoms with E-state index in [4.69, 9.17) is 23.2 Å². The molecule has 34 heavy (non-hydrogen) atoms. The van der Waals surface area contributed by atoms with Crippen molar-refractivity contribution in [3.05, 3.63) is 62.5 Å². The fraction of sp³-hybridized carbons (Fsp3) is 0.391.